The lowest BCUT2D eigenvalue weighted by atomic mass is 9.97. The van der Waals surface area contributed by atoms with Gasteiger partial charge in [-0.3, -0.25) is 0 Å². The SMILES string of the molecule is CCCc1ccc2nnc(C3CCNCC3)n2n1. The van der Waals surface area contributed by atoms with E-state index in [1.807, 2.05) is 10.6 Å². The van der Waals surface area contributed by atoms with Gasteiger partial charge in [0.25, 0.3) is 0 Å². The number of nitrogens with zero attached hydrogens (tertiary/aromatic N) is 4. The lowest BCUT2D eigenvalue weighted by Crippen LogP contribution is -2.27. The minimum atomic E-state index is 0.491. The first-order valence-electron chi connectivity index (χ1n) is 6.80. The third-order valence-corrected chi connectivity index (χ3v) is 3.55. The standard InChI is InChI=1S/C13H19N5/c1-2-3-11-4-5-12-15-16-13(18(12)17-11)10-6-8-14-9-7-10/h4-5,10,14H,2-3,6-9H2,1H3. The molecule has 0 aliphatic carbocycles. The molecule has 5 nitrogen and oxygen atoms in total. The van der Waals surface area contributed by atoms with Crippen LogP contribution in [0.1, 0.15) is 43.6 Å². The maximum atomic E-state index is 4.67. The summed E-state index contributed by atoms with van der Waals surface area (Å²) in [6.07, 6.45) is 4.38. The van der Waals surface area contributed by atoms with Gasteiger partial charge in [-0.2, -0.15) is 9.61 Å². The summed E-state index contributed by atoms with van der Waals surface area (Å²) in [4.78, 5) is 0. The van der Waals surface area contributed by atoms with Crippen LogP contribution in [0.4, 0.5) is 0 Å². The molecule has 2 aromatic rings. The number of aromatic nitrogens is 4. The minimum Gasteiger partial charge on any atom is -0.317 e. The Morgan fingerprint density at radius 1 is 1.28 bits per heavy atom. The van der Waals surface area contributed by atoms with Gasteiger partial charge < -0.3 is 5.32 Å². The summed E-state index contributed by atoms with van der Waals surface area (Å²) in [5.41, 5.74) is 1.99. The zero-order chi connectivity index (χ0) is 12.4. The van der Waals surface area contributed by atoms with Crippen LogP contribution in [0.15, 0.2) is 12.1 Å². The molecule has 0 radical (unpaired) electrons. The molecule has 0 amide bonds. The molecule has 0 saturated carbocycles. The predicted octanol–water partition coefficient (Wildman–Crippen LogP) is 1.54. The van der Waals surface area contributed by atoms with Gasteiger partial charge in [-0.25, -0.2) is 0 Å². The van der Waals surface area contributed by atoms with Crippen LogP contribution in [-0.4, -0.2) is 32.9 Å². The number of fused-ring (bicyclic) bond motifs is 1. The summed E-state index contributed by atoms with van der Waals surface area (Å²) in [6, 6.07) is 4.08. The van der Waals surface area contributed by atoms with E-state index in [2.05, 4.69) is 33.6 Å². The van der Waals surface area contributed by atoms with Gasteiger partial charge in [0.1, 0.15) is 0 Å². The van der Waals surface area contributed by atoms with Crippen LogP contribution in [0.3, 0.4) is 0 Å². The molecular weight excluding hydrogens is 226 g/mol. The smallest absolute Gasteiger partial charge is 0.177 e. The molecule has 1 aliphatic rings. The van der Waals surface area contributed by atoms with E-state index in [0.717, 1.165) is 55.9 Å². The first-order chi connectivity index (χ1) is 8.88. The highest BCUT2D eigenvalue weighted by Crippen LogP contribution is 2.23. The van der Waals surface area contributed by atoms with Crippen molar-refractivity contribution in [1.29, 1.82) is 0 Å². The fourth-order valence-corrected chi connectivity index (χ4v) is 2.57. The van der Waals surface area contributed by atoms with Crippen molar-refractivity contribution in [2.45, 2.75) is 38.5 Å². The molecule has 0 unspecified atom stereocenters. The molecule has 5 heteroatoms. The zero-order valence-electron chi connectivity index (χ0n) is 10.8. The lowest BCUT2D eigenvalue weighted by Gasteiger charge is -2.20. The van der Waals surface area contributed by atoms with Crippen molar-refractivity contribution in [2.24, 2.45) is 0 Å². The Morgan fingerprint density at radius 2 is 2.11 bits per heavy atom. The number of hydrogen-bond acceptors (Lipinski definition) is 4. The molecule has 1 fully saturated rings. The first kappa shape index (κ1) is 11.6. The van der Waals surface area contributed by atoms with E-state index in [-0.39, 0.29) is 0 Å². The van der Waals surface area contributed by atoms with E-state index < -0.39 is 0 Å². The average Bonchev–Trinajstić information content (AvgIpc) is 2.83. The summed E-state index contributed by atoms with van der Waals surface area (Å²) in [5.74, 6) is 1.52. The van der Waals surface area contributed by atoms with Crippen LogP contribution >= 0.6 is 0 Å². The first-order valence-corrected chi connectivity index (χ1v) is 6.80. The van der Waals surface area contributed by atoms with Crippen LogP contribution in [-0.2, 0) is 6.42 Å². The van der Waals surface area contributed by atoms with E-state index in [0.29, 0.717) is 5.92 Å². The highest BCUT2D eigenvalue weighted by atomic mass is 15.4. The number of rotatable bonds is 3. The highest BCUT2D eigenvalue weighted by molar-refractivity contribution is 5.36. The third-order valence-electron chi connectivity index (χ3n) is 3.55. The Hall–Kier alpha value is -1.49. The van der Waals surface area contributed by atoms with Crippen molar-refractivity contribution in [3.8, 4) is 0 Å². The Labute approximate surface area is 107 Å². The molecule has 18 heavy (non-hydrogen) atoms. The molecule has 0 spiro atoms. The summed E-state index contributed by atoms with van der Waals surface area (Å²) >= 11 is 0. The van der Waals surface area contributed by atoms with Crippen LogP contribution in [0.25, 0.3) is 5.65 Å². The molecule has 96 valence electrons. The maximum absolute atomic E-state index is 4.67. The van der Waals surface area contributed by atoms with Crippen LogP contribution in [0.5, 0.6) is 0 Å². The van der Waals surface area contributed by atoms with E-state index in [9.17, 15) is 0 Å². The summed E-state index contributed by atoms with van der Waals surface area (Å²) < 4.78 is 1.95. The van der Waals surface area contributed by atoms with Crippen molar-refractivity contribution < 1.29 is 0 Å². The molecule has 3 heterocycles. The van der Waals surface area contributed by atoms with Crippen LogP contribution in [0, 0.1) is 0 Å². The number of aryl methyl sites for hydroxylation is 1. The predicted molar refractivity (Wildman–Crippen MR) is 69.6 cm³/mol. The van der Waals surface area contributed by atoms with E-state index >= 15 is 0 Å². The average molecular weight is 245 g/mol. The van der Waals surface area contributed by atoms with E-state index in [1.165, 1.54) is 0 Å². The third kappa shape index (κ3) is 2.10. The van der Waals surface area contributed by atoms with Gasteiger partial charge in [-0.1, -0.05) is 13.3 Å². The minimum absolute atomic E-state index is 0.491. The topological polar surface area (TPSA) is 55.1 Å². The molecular formula is C13H19N5. The quantitative estimate of drug-likeness (QED) is 0.891. The molecule has 0 aromatic carbocycles. The van der Waals surface area contributed by atoms with Crippen molar-refractivity contribution in [1.82, 2.24) is 25.1 Å². The van der Waals surface area contributed by atoms with Gasteiger partial charge in [0.05, 0.1) is 5.69 Å². The number of hydrogen-bond donors (Lipinski definition) is 1. The largest absolute Gasteiger partial charge is 0.317 e. The highest BCUT2D eigenvalue weighted by Gasteiger charge is 2.21. The van der Waals surface area contributed by atoms with E-state index in [1.54, 1.807) is 0 Å². The van der Waals surface area contributed by atoms with Crippen molar-refractivity contribution in [3.63, 3.8) is 0 Å². The fourth-order valence-electron chi connectivity index (χ4n) is 2.57. The van der Waals surface area contributed by atoms with Gasteiger partial charge in [0, 0.05) is 5.92 Å². The summed E-state index contributed by atoms with van der Waals surface area (Å²) in [5, 5.41) is 16.6. The van der Waals surface area contributed by atoms with Gasteiger partial charge in [-0.05, 0) is 44.5 Å². The van der Waals surface area contributed by atoms with Gasteiger partial charge in [-0.15, -0.1) is 10.2 Å². The molecule has 3 rings (SSSR count). The molecule has 0 bridgehead atoms. The Morgan fingerprint density at radius 3 is 2.89 bits per heavy atom. The normalized spacial score (nSPS) is 17.4. The number of nitrogens with one attached hydrogen (secondary N) is 1. The van der Waals surface area contributed by atoms with Crippen molar-refractivity contribution >= 4 is 5.65 Å². The zero-order valence-corrected chi connectivity index (χ0v) is 10.8. The van der Waals surface area contributed by atoms with Gasteiger partial charge >= 0.3 is 0 Å². The maximum Gasteiger partial charge on any atom is 0.177 e. The molecule has 1 saturated heterocycles. The van der Waals surface area contributed by atoms with Gasteiger partial charge in [0.2, 0.25) is 0 Å². The molecule has 1 aliphatic heterocycles. The second-order valence-electron chi connectivity index (χ2n) is 4.93. The molecule has 2 aromatic heterocycles. The Balaban J connectivity index is 1.97. The monoisotopic (exact) mass is 245 g/mol. The Bertz CT molecular complexity index is 527. The van der Waals surface area contributed by atoms with Crippen molar-refractivity contribution in [3.05, 3.63) is 23.7 Å². The molecule has 0 atom stereocenters. The second-order valence-corrected chi connectivity index (χ2v) is 4.93. The summed E-state index contributed by atoms with van der Waals surface area (Å²) in [7, 11) is 0. The second kappa shape index (κ2) is 5.02. The fraction of sp³-hybridized carbons (Fsp3) is 0.615. The van der Waals surface area contributed by atoms with Gasteiger partial charge in [0.15, 0.2) is 11.5 Å². The van der Waals surface area contributed by atoms with Crippen LogP contribution < -0.4 is 5.32 Å². The summed E-state index contributed by atoms with van der Waals surface area (Å²) in [6.45, 7) is 4.30. The number of piperidine rings is 1. The lowest BCUT2D eigenvalue weighted by molar-refractivity contribution is 0.438. The van der Waals surface area contributed by atoms with Crippen molar-refractivity contribution in [2.75, 3.05) is 13.1 Å². The van der Waals surface area contributed by atoms with E-state index in [4.69, 9.17) is 0 Å². The Kier molecular flexibility index (Phi) is 3.23. The van der Waals surface area contributed by atoms with Crippen LogP contribution in [0.2, 0.25) is 0 Å². The molecule has 1 N–H and O–H groups in total.